The van der Waals surface area contributed by atoms with Crippen molar-refractivity contribution in [3.05, 3.63) is 17.5 Å². The van der Waals surface area contributed by atoms with Gasteiger partial charge in [-0.2, -0.15) is 5.10 Å². The molecular weight excluding hydrogens is 206 g/mol. The predicted molar refractivity (Wildman–Crippen MR) is 61.4 cm³/mol. The van der Waals surface area contributed by atoms with E-state index in [0.29, 0.717) is 6.54 Å². The predicted octanol–water partition coefficient (Wildman–Crippen LogP) is 0.951. The first-order chi connectivity index (χ1) is 7.40. The van der Waals surface area contributed by atoms with E-state index in [-0.39, 0.29) is 6.04 Å². The van der Waals surface area contributed by atoms with Gasteiger partial charge in [-0.25, -0.2) is 0 Å². The van der Waals surface area contributed by atoms with Gasteiger partial charge in [0.25, 0.3) is 0 Å². The zero-order valence-electron chi connectivity index (χ0n) is 10.2. The number of carboxylic acids is 1. The number of nitrogens with one attached hydrogen (secondary N) is 1. The zero-order chi connectivity index (χ0) is 12.3. The maximum Gasteiger partial charge on any atom is 0.322 e. The van der Waals surface area contributed by atoms with Crippen LogP contribution in [0.15, 0.2) is 6.07 Å². The van der Waals surface area contributed by atoms with E-state index in [0.717, 1.165) is 11.4 Å². The van der Waals surface area contributed by atoms with Crippen molar-refractivity contribution in [2.45, 2.75) is 46.3 Å². The van der Waals surface area contributed by atoms with Gasteiger partial charge in [0.1, 0.15) is 6.04 Å². The van der Waals surface area contributed by atoms with Gasteiger partial charge in [0.05, 0.1) is 12.2 Å². The lowest BCUT2D eigenvalue weighted by molar-refractivity contribution is -0.140. The van der Waals surface area contributed by atoms with Gasteiger partial charge in [-0.05, 0) is 19.9 Å². The molecule has 0 aliphatic rings. The number of hydrogen-bond donors (Lipinski definition) is 2. The van der Waals surface area contributed by atoms with Crippen molar-refractivity contribution in [1.29, 1.82) is 0 Å². The molecule has 16 heavy (non-hydrogen) atoms. The number of carbonyl (C=O) groups is 1. The zero-order valence-corrected chi connectivity index (χ0v) is 10.2. The number of aryl methyl sites for hydroxylation is 2. The lowest BCUT2D eigenvalue weighted by atomic mass is 10.2. The molecule has 0 radical (unpaired) electrons. The van der Waals surface area contributed by atoms with E-state index >= 15 is 0 Å². The fourth-order valence-corrected chi connectivity index (χ4v) is 1.64. The number of carboxylic acid groups (broad SMARTS) is 1. The fourth-order valence-electron chi connectivity index (χ4n) is 1.64. The number of aromatic nitrogens is 2. The third-order valence-electron chi connectivity index (χ3n) is 2.29. The minimum absolute atomic E-state index is 0.137. The van der Waals surface area contributed by atoms with Gasteiger partial charge >= 0.3 is 5.97 Å². The van der Waals surface area contributed by atoms with Gasteiger partial charge in [0.15, 0.2) is 0 Å². The second kappa shape index (κ2) is 5.12. The summed E-state index contributed by atoms with van der Waals surface area (Å²) in [6, 6.07) is 1.48. The van der Waals surface area contributed by atoms with Gasteiger partial charge in [0, 0.05) is 11.7 Å². The first kappa shape index (κ1) is 12.7. The summed E-state index contributed by atoms with van der Waals surface area (Å²) in [5.41, 5.74) is 1.89. The fraction of sp³-hybridized carbons (Fsp3) is 0.636. The molecule has 1 heterocycles. The molecule has 5 nitrogen and oxygen atoms in total. The van der Waals surface area contributed by atoms with Crippen LogP contribution < -0.4 is 5.32 Å². The third kappa shape index (κ3) is 3.34. The average molecular weight is 225 g/mol. The Morgan fingerprint density at radius 3 is 2.56 bits per heavy atom. The highest BCUT2D eigenvalue weighted by Crippen LogP contribution is 2.03. The Hall–Kier alpha value is -1.36. The van der Waals surface area contributed by atoms with E-state index in [2.05, 4.69) is 10.4 Å². The highest BCUT2D eigenvalue weighted by atomic mass is 16.4. The molecule has 1 unspecified atom stereocenters. The van der Waals surface area contributed by atoms with Crippen molar-refractivity contribution >= 4 is 5.97 Å². The minimum atomic E-state index is -0.846. The molecule has 0 saturated carbocycles. The number of rotatable bonds is 5. The molecule has 0 bridgehead atoms. The molecule has 5 heteroatoms. The molecule has 0 aliphatic carbocycles. The molecule has 0 spiro atoms. The lowest BCUT2D eigenvalue weighted by Crippen LogP contribution is -2.44. The Balaban J connectivity index is 2.75. The molecule has 0 aromatic carbocycles. The van der Waals surface area contributed by atoms with E-state index in [1.165, 1.54) is 0 Å². The minimum Gasteiger partial charge on any atom is -0.480 e. The molecule has 0 fully saturated rings. The number of hydrogen-bond acceptors (Lipinski definition) is 3. The first-order valence-electron chi connectivity index (χ1n) is 5.40. The van der Waals surface area contributed by atoms with Gasteiger partial charge in [-0.3, -0.25) is 9.48 Å². The van der Waals surface area contributed by atoms with Crippen LogP contribution >= 0.6 is 0 Å². The largest absolute Gasteiger partial charge is 0.480 e. The Labute approximate surface area is 95.5 Å². The summed E-state index contributed by atoms with van der Waals surface area (Å²) in [6.07, 6.45) is 0. The molecule has 0 saturated heterocycles. The van der Waals surface area contributed by atoms with Crippen molar-refractivity contribution in [1.82, 2.24) is 15.1 Å². The van der Waals surface area contributed by atoms with Crippen LogP contribution in [0.5, 0.6) is 0 Å². The van der Waals surface area contributed by atoms with Crippen LogP contribution in [0.3, 0.4) is 0 Å². The van der Waals surface area contributed by atoms with Crippen molar-refractivity contribution < 1.29 is 9.90 Å². The van der Waals surface area contributed by atoms with Crippen molar-refractivity contribution in [2.75, 3.05) is 0 Å². The topological polar surface area (TPSA) is 67.2 Å². The standard InChI is InChI=1S/C11H19N3O2/c1-7(2)12-10(11(15)16)6-14-9(4)5-8(3)13-14/h5,7,10,12H,6H2,1-4H3,(H,15,16). The Morgan fingerprint density at radius 2 is 2.19 bits per heavy atom. The van der Waals surface area contributed by atoms with E-state index in [1.807, 2.05) is 33.8 Å². The summed E-state index contributed by atoms with van der Waals surface area (Å²) in [7, 11) is 0. The summed E-state index contributed by atoms with van der Waals surface area (Å²) in [5, 5.41) is 16.3. The lowest BCUT2D eigenvalue weighted by Gasteiger charge is -2.17. The van der Waals surface area contributed by atoms with Gasteiger partial charge in [0.2, 0.25) is 0 Å². The Bertz CT molecular complexity index is 371. The monoisotopic (exact) mass is 225 g/mol. The highest BCUT2D eigenvalue weighted by Gasteiger charge is 2.19. The van der Waals surface area contributed by atoms with Gasteiger partial charge in [-0.15, -0.1) is 0 Å². The molecule has 1 aromatic heterocycles. The smallest absolute Gasteiger partial charge is 0.322 e. The highest BCUT2D eigenvalue weighted by molar-refractivity contribution is 5.73. The molecule has 90 valence electrons. The van der Waals surface area contributed by atoms with Crippen LogP contribution in [0.4, 0.5) is 0 Å². The second-order valence-electron chi connectivity index (χ2n) is 4.32. The second-order valence-corrected chi connectivity index (χ2v) is 4.32. The van der Waals surface area contributed by atoms with Crippen LogP contribution in [0, 0.1) is 13.8 Å². The van der Waals surface area contributed by atoms with Crippen molar-refractivity contribution in [3.63, 3.8) is 0 Å². The van der Waals surface area contributed by atoms with E-state index in [9.17, 15) is 4.79 Å². The van der Waals surface area contributed by atoms with E-state index in [1.54, 1.807) is 4.68 Å². The molecule has 0 aliphatic heterocycles. The Morgan fingerprint density at radius 1 is 1.56 bits per heavy atom. The van der Waals surface area contributed by atoms with Crippen LogP contribution in [0.2, 0.25) is 0 Å². The Kier molecular flexibility index (Phi) is 4.06. The maximum atomic E-state index is 11.1. The number of aliphatic carboxylic acids is 1. The third-order valence-corrected chi connectivity index (χ3v) is 2.29. The summed E-state index contributed by atoms with van der Waals surface area (Å²) in [6.45, 7) is 8.03. The SMILES string of the molecule is Cc1cc(C)n(CC(NC(C)C)C(=O)O)n1. The normalized spacial score (nSPS) is 13.1. The van der Waals surface area contributed by atoms with Crippen LogP contribution in [0.25, 0.3) is 0 Å². The summed E-state index contributed by atoms with van der Waals surface area (Å²) in [4.78, 5) is 11.1. The molecular formula is C11H19N3O2. The first-order valence-corrected chi connectivity index (χ1v) is 5.40. The maximum absolute atomic E-state index is 11.1. The van der Waals surface area contributed by atoms with Crippen molar-refractivity contribution in [2.24, 2.45) is 0 Å². The summed E-state index contributed by atoms with van der Waals surface area (Å²) in [5.74, 6) is -0.846. The van der Waals surface area contributed by atoms with E-state index in [4.69, 9.17) is 5.11 Å². The van der Waals surface area contributed by atoms with Crippen molar-refractivity contribution in [3.8, 4) is 0 Å². The summed E-state index contributed by atoms with van der Waals surface area (Å²) < 4.78 is 1.73. The molecule has 0 amide bonds. The quantitative estimate of drug-likeness (QED) is 0.783. The molecule has 1 aromatic rings. The van der Waals surface area contributed by atoms with Crippen LogP contribution in [-0.4, -0.2) is 32.9 Å². The van der Waals surface area contributed by atoms with Crippen LogP contribution in [0.1, 0.15) is 25.2 Å². The van der Waals surface area contributed by atoms with Gasteiger partial charge < -0.3 is 10.4 Å². The molecule has 2 N–H and O–H groups in total. The molecule has 1 atom stereocenters. The van der Waals surface area contributed by atoms with E-state index < -0.39 is 12.0 Å². The van der Waals surface area contributed by atoms with Gasteiger partial charge in [-0.1, -0.05) is 13.8 Å². The molecule has 1 rings (SSSR count). The number of nitrogens with zero attached hydrogens (tertiary/aromatic N) is 2. The average Bonchev–Trinajstić information content (AvgIpc) is 2.43. The summed E-state index contributed by atoms with van der Waals surface area (Å²) >= 11 is 0. The van der Waals surface area contributed by atoms with Crippen LogP contribution in [-0.2, 0) is 11.3 Å².